The summed E-state index contributed by atoms with van der Waals surface area (Å²) in [6.45, 7) is 3.68. The third-order valence-electron chi connectivity index (χ3n) is 4.46. The summed E-state index contributed by atoms with van der Waals surface area (Å²) < 4.78 is 12.1. The molecule has 0 radical (unpaired) electrons. The lowest BCUT2D eigenvalue weighted by molar-refractivity contribution is -0.123. The van der Waals surface area contributed by atoms with Crippen LogP contribution < -0.4 is 20.3 Å². The minimum absolute atomic E-state index is 0.158. The van der Waals surface area contributed by atoms with Crippen molar-refractivity contribution in [3.8, 4) is 17.3 Å². The van der Waals surface area contributed by atoms with Crippen molar-refractivity contribution in [3.05, 3.63) is 75.5 Å². The number of halogens is 1. The number of nitrogens with zero attached hydrogens (tertiary/aromatic N) is 2. The van der Waals surface area contributed by atoms with E-state index < -0.39 is 6.10 Å². The highest BCUT2D eigenvalue weighted by Gasteiger charge is 2.20. The van der Waals surface area contributed by atoms with Gasteiger partial charge in [-0.25, -0.2) is 0 Å². The molecule has 1 N–H and O–H groups in total. The third kappa shape index (κ3) is 4.99. The van der Waals surface area contributed by atoms with Gasteiger partial charge in [0.2, 0.25) is 5.88 Å². The number of hydrogen-bond acceptors (Lipinski definition) is 5. The highest BCUT2D eigenvalue weighted by molar-refractivity contribution is 6.30. The van der Waals surface area contributed by atoms with E-state index in [1.54, 1.807) is 49.6 Å². The first kappa shape index (κ1) is 21.4. The number of aromatic nitrogens is 2. The van der Waals surface area contributed by atoms with Crippen LogP contribution in [0.15, 0.2) is 59.4 Å². The molecule has 3 aromatic rings. The second-order valence-corrected chi connectivity index (χ2v) is 7.02. The molecule has 1 atom stereocenters. The number of methoxy groups -OCH3 is 1. The molecule has 1 heterocycles. The fourth-order valence-corrected chi connectivity index (χ4v) is 2.97. The third-order valence-corrected chi connectivity index (χ3v) is 4.69. The summed E-state index contributed by atoms with van der Waals surface area (Å²) in [6.07, 6.45) is -0.370. The van der Waals surface area contributed by atoms with Gasteiger partial charge >= 0.3 is 0 Å². The van der Waals surface area contributed by atoms with Crippen LogP contribution in [0.1, 0.15) is 18.9 Å². The molecule has 0 aliphatic carbocycles. The van der Waals surface area contributed by atoms with Crippen molar-refractivity contribution in [1.82, 2.24) is 9.78 Å². The Morgan fingerprint density at radius 1 is 1.17 bits per heavy atom. The lowest BCUT2D eigenvalue weighted by Crippen LogP contribution is -2.33. The Morgan fingerprint density at radius 3 is 2.57 bits per heavy atom. The smallest absolute Gasteiger partial charge is 0.271 e. The number of carbonyl (C=O) groups is 1. The van der Waals surface area contributed by atoms with Crippen LogP contribution in [0.25, 0.3) is 5.69 Å². The highest BCUT2D eigenvalue weighted by atomic mass is 35.5. The van der Waals surface area contributed by atoms with E-state index in [1.807, 2.05) is 13.8 Å². The Labute approximate surface area is 179 Å². The molecule has 8 heteroatoms. The van der Waals surface area contributed by atoms with Crippen molar-refractivity contribution in [1.29, 1.82) is 0 Å². The number of benzene rings is 2. The van der Waals surface area contributed by atoms with Crippen LogP contribution in [0, 0.1) is 6.92 Å². The lowest BCUT2D eigenvalue weighted by Gasteiger charge is -2.17. The van der Waals surface area contributed by atoms with Crippen molar-refractivity contribution in [3.63, 3.8) is 0 Å². The molecule has 0 spiro atoms. The monoisotopic (exact) mass is 427 g/mol. The van der Waals surface area contributed by atoms with Crippen LogP contribution in [0.3, 0.4) is 0 Å². The number of aryl methyl sites for hydroxylation is 1. The summed E-state index contributed by atoms with van der Waals surface area (Å²) in [5, 5.41) is 7.56. The first-order valence-corrected chi connectivity index (χ1v) is 9.77. The number of amides is 1. The first-order chi connectivity index (χ1) is 14.4. The minimum atomic E-state index is -0.786. The number of nitrogens with one attached hydrogen (secondary N) is 1. The molecule has 0 bridgehead atoms. The predicted octanol–water partition coefficient (Wildman–Crippen LogP) is 4.00. The van der Waals surface area contributed by atoms with E-state index in [0.29, 0.717) is 28.6 Å². The SMILES string of the molecule is CC[C@H](Oc1ccc(=O)n(-c2cc(Cl)ccc2C)n1)C(=O)Nc1ccc(OC)cc1. The number of rotatable bonds is 7. The van der Waals surface area contributed by atoms with Gasteiger partial charge in [-0.2, -0.15) is 4.68 Å². The molecule has 7 nitrogen and oxygen atoms in total. The second kappa shape index (κ2) is 9.45. The van der Waals surface area contributed by atoms with E-state index in [9.17, 15) is 9.59 Å². The van der Waals surface area contributed by atoms with Gasteiger partial charge in [0.25, 0.3) is 11.5 Å². The summed E-state index contributed by atoms with van der Waals surface area (Å²) in [4.78, 5) is 25.0. The number of ether oxygens (including phenoxy) is 2. The van der Waals surface area contributed by atoms with Gasteiger partial charge in [-0.3, -0.25) is 9.59 Å². The molecular weight excluding hydrogens is 406 g/mol. The normalized spacial score (nSPS) is 11.6. The molecule has 0 aliphatic heterocycles. The van der Waals surface area contributed by atoms with Crippen LogP contribution in [0.2, 0.25) is 5.02 Å². The van der Waals surface area contributed by atoms with Crippen LogP contribution in [0.4, 0.5) is 5.69 Å². The van der Waals surface area contributed by atoms with Gasteiger partial charge in [-0.05, 0) is 55.3 Å². The molecule has 0 saturated carbocycles. The molecule has 3 rings (SSSR count). The molecule has 1 aromatic heterocycles. The lowest BCUT2D eigenvalue weighted by atomic mass is 10.2. The molecule has 1 amide bonds. The molecule has 0 saturated heterocycles. The zero-order valence-electron chi connectivity index (χ0n) is 16.9. The van der Waals surface area contributed by atoms with Crippen molar-refractivity contribution in [2.24, 2.45) is 0 Å². The molecular formula is C22H22ClN3O4. The van der Waals surface area contributed by atoms with E-state index in [2.05, 4.69) is 10.4 Å². The van der Waals surface area contributed by atoms with E-state index in [1.165, 1.54) is 16.8 Å². The average Bonchev–Trinajstić information content (AvgIpc) is 2.75. The fourth-order valence-electron chi connectivity index (χ4n) is 2.81. The predicted molar refractivity (Wildman–Crippen MR) is 116 cm³/mol. The summed E-state index contributed by atoms with van der Waals surface area (Å²) in [7, 11) is 1.58. The Hall–Kier alpha value is -3.32. The highest BCUT2D eigenvalue weighted by Crippen LogP contribution is 2.19. The van der Waals surface area contributed by atoms with Crippen molar-refractivity contribution in [2.45, 2.75) is 26.4 Å². The summed E-state index contributed by atoms with van der Waals surface area (Å²) in [5.74, 6) is 0.533. The van der Waals surface area contributed by atoms with Crippen LogP contribution >= 0.6 is 11.6 Å². The van der Waals surface area contributed by atoms with E-state index >= 15 is 0 Å². The quantitative estimate of drug-likeness (QED) is 0.616. The molecule has 0 aliphatic rings. The van der Waals surface area contributed by atoms with Crippen molar-refractivity contribution < 1.29 is 14.3 Å². The van der Waals surface area contributed by atoms with E-state index in [0.717, 1.165) is 5.56 Å². The maximum Gasteiger partial charge on any atom is 0.271 e. The molecule has 30 heavy (non-hydrogen) atoms. The summed E-state index contributed by atoms with van der Waals surface area (Å²) >= 11 is 6.07. The van der Waals surface area contributed by atoms with Gasteiger partial charge in [0, 0.05) is 22.8 Å². The number of anilines is 1. The van der Waals surface area contributed by atoms with Crippen molar-refractivity contribution >= 4 is 23.2 Å². The van der Waals surface area contributed by atoms with Crippen LogP contribution in [-0.4, -0.2) is 28.9 Å². The standard InChI is InChI=1S/C22H22ClN3O4/c1-4-19(22(28)24-16-7-9-17(29-3)10-8-16)30-20-11-12-21(27)26(25-20)18-13-15(23)6-5-14(18)2/h5-13,19H,4H2,1-3H3,(H,24,28)/t19-/m0/s1. The van der Waals surface area contributed by atoms with E-state index in [4.69, 9.17) is 21.1 Å². The van der Waals surface area contributed by atoms with Gasteiger partial charge in [0.1, 0.15) is 5.75 Å². The Bertz CT molecular complexity index is 1100. The molecule has 0 fully saturated rings. The molecule has 0 unspecified atom stereocenters. The second-order valence-electron chi connectivity index (χ2n) is 6.58. The number of carbonyl (C=O) groups excluding carboxylic acids is 1. The Kier molecular flexibility index (Phi) is 6.74. The maximum atomic E-state index is 12.6. The topological polar surface area (TPSA) is 82.5 Å². The zero-order valence-corrected chi connectivity index (χ0v) is 17.6. The fraction of sp³-hybridized carbons (Fsp3) is 0.227. The van der Waals surface area contributed by atoms with Crippen LogP contribution in [0.5, 0.6) is 11.6 Å². The molecule has 156 valence electrons. The number of hydrogen-bond donors (Lipinski definition) is 1. The zero-order chi connectivity index (χ0) is 21.7. The van der Waals surface area contributed by atoms with Gasteiger partial charge in [-0.1, -0.05) is 24.6 Å². The van der Waals surface area contributed by atoms with Gasteiger partial charge in [-0.15, -0.1) is 5.10 Å². The summed E-state index contributed by atoms with van der Waals surface area (Å²) in [6, 6.07) is 15.0. The minimum Gasteiger partial charge on any atom is -0.497 e. The van der Waals surface area contributed by atoms with Crippen LogP contribution in [-0.2, 0) is 4.79 Å². The average molecular weight is 428 g/mol. The molecule has 2 aromatic carbocycles. The van der Waals surface area contributed by atoms with Crippen molar-refractivity contribution in [2.75, 3.05) is 12.4 Å². The first-order valence-electron chi connectivity index (χ1n) is 9.39. The Morgan fingerprint density at radius 2 is 1.90 bits per heavy atom. The van der Waals surface area contributed by atoms with E-state index in [-0.39, 0.29) is 17.3 Å². The van der Waals surface area contributed by atoms with Gasteiger partial charge < -0.3 is 14.8 Å². The van der Waals surface area contributed by atoms with Gasteiger partial charge in [0.15, 0.2) is 6.10 Å². The maximum absolute atomic E-state index is 12.6. The largest absolute Gasteiger partial charge is 0.497 e. The summed E-state index contributed by atoms with van der Waals surface area (Å²) in [5.41, 5.74) is 1.67. The Balaban J connectivity index is 1.80. The van der Waals surface area contributed by atoms with Gasteiger partial charge in [0.05, 0.1) is 12.8 Å².